The van der Waals surface area contributed by atoms with Gasteiger partial charge in [0, 0.05) is 39.5 Å². The summed E-state index contributed by atoms with van der Waals surface area (Å²) in [6, 6.07) is 11.2. The number of carbonyl (C=O) groups is 2. The second-order valence-corrected chi connectivity index (χ2v) is 8.53. The minimum Gasteiger partial charge on any atom is -0.378 e. The summed E-state index contributed by atoms with van der Waals surface area (Å²) in [5, 5.41) is 4.68. The fraction of sp³-hybridized carbons (Fsp3) is 0.455. The fourth-order valence-electron chi connectivity index (χ4n) is 3.40. The van der Waals surface area contributed by atoms with E-state index in [9.17, 15) is 9.59 Å². The van der Waals surface area contributed by atoms with Gasteiger partial charge in [-0.25, -0.2) is 0 Å². The van der Waals surface area contributed by atoms with Crippen molar-refractivity contribution in [3.63, 3.8) is 0 Å². The lowest BCUT2D eigenvalue weighted by molar-refractivity contribution is -0.135. The van der Waals surface area contributed by atoms with Crippen molar-refractivity contribution in [2.45, 2.75) is 38.5 Å². The van der Waals surface area contributed by atoms with Gasteiger partial charge in [0.25, 0.3) is 5.91 Å². The molecule has 6 nitrogen and oxygen atoms in total. The van der Waals surface area contributed by atoms with Crippen molar-refractivity contribution >= 4 is 28.8 Å². The SMILES string of the molecule is CC(NC(=O)c1cccs1)C(=O)N(Cc1ccc(N(C)C)cc1)CC1CCCO1. The van der Waals surface area contributed by atoms with E-state index in [1.54, 1.807) is 17.9 Å². The molecular formula is C22H29N3O3S. The number of carbonyl (C=O) groups excluding carboxylic acids is 2. The Morgan fingerprint density at radius 2 is 2.00 bits per heavy atom. The summed E-state index contributed by atoms with van der Waals surface area (Å²) in [5.41, 5.74) is 2.17. The van der Waals surface area contributed by atoms with E-state index < -0.39 is 6.04 Å². The fourth-order valence-corrected chi connectivity index (χ4v) is 4.02. The molecule has 0 spiro atoms. The van der Waals surface area contributed by atoms with Crippen LogP contribution in [0.3, 0.4) is 0 Å². The highest BCUT2D eigenvalue weighted by Crippen LogP contribution is 2.18. The third-order valence-corrected chi connectivity index (χ3v) is 5.92. The Kier molecular flexibility index (Phi) is 7.28. The third-order valence-electron chi connectivity index (χ3n) is 5.05. The standard InChI is InChI=1S/C22H29N3O3S/c1-16(23-21(26)20-7-5-13-29-20)22(27)25(15-19-6-4-12-28-19)14-17-8-10-18(11-9-17)24(2)3/h5,7-11,13,16,19H,4,6,12,14-15H2,1-3H3,(H,23,26). The van der Waals surface area contributed by atoms with Gasteiger partial charge >= 0.3 is 0 Å². The molecule has 0 radical (unpaired) electrons. The lowest BCUT2D eigenvalue weighted by Gasteiger charge is -2.28. The van der Waals surface area contributed by atoms with Gasteiger partial charge in [-0.3, -0.25) is 9.59 Å². The highest BCUT2D eigenvalue weighted by Gasteiger charge is 2.27. The molecule has 0 saturated carbocycles. The second-order valence-electron chi connectivity index (χ2n) is 7.59. The summed E-state index contributed by atoms with van der Waals surface area (Å²) >= 11 is 1.36. The second kappa shape index (κ2) is 9.89. The monoisotopic (exact) mass is 415 g/mol. The molecule has 2 unspecified atom stereocenters. The first-order valence-electron chi connectivity index (χ1n) is 9.95. The molecular weight excluding hydrogens is 386 g/mol. The highest BCUT2D eigenvalue weighted by molar-refractivity contribution is 7.12. The van der Waals surface area contributed by atoms with E-state index >= 15 is 0 Å². The van der Waals surface area contributed by atoms with E-state index in [1.165, 1.54) is 11.3 Å². The van der Waals surface area contributed by atoms with Crippen LogP contribution in [-0.2, 0) is 16.1 Å². The molecule has 1 N–H and O–H groups in total. The van der Waals surface area contributed by atoms with Gasteiger partial charge in [-0.15, -0.1) is 11.3 Å². The minimum atomic E-state index is -0.605. The molecule has 2 amide bonds. The first-order chi connectivity index (χ1) is 13.9. The van der Waals surface area contributed by atoms with Gasteiger partial charge in [0.2, 0.25) is 5.91 Å². The average molecular weight is 416 g/mol. The van der Waals surface area contributed by atoms with Crippen LogP contribution in [0, 0.1) is 0 Å². The number of ether oxygens (including phenoxy) is 1. The first-order valence-corrected chi connectivity index (χ1v) is 10.8. The lowest BCUT2D eigenvalue weighted by atomic mass is 10.1. The van der Waals surface area contributed by atoms with E-state index in [4.69, 9.17) is 4.74 Å². The Bertz CT molecular complexity index is 799. The van der Waals surface area contributed by atoms with Crippen molar-refractivity contribution in [3.05, 3.63) is 52.2 Å². The molecule has 2 aromatic rings. The first kappa shape index (κ1) is 21.3. The van der Waals surface area contributed by atoms with E-state index in [2.05, 4.69) is 5.32 Å². The number of anilines is 1. The van der Waals surface area contributed by atoms with Crippen molar-refractivity contribution in [2.75, 3.05) is 32.1 Å². The molecule has 1 fully saturated rings. The smallest absolute Gasteiger partial charge is 0.261 e. The van der Waals surface area contributed by atoms with Gasteiger partial charge in [0.15, 0.2) is 0 Å². The van der Waals surface area contributed by atoms with Crippen molar-refractivity contribution < 1.29 is 14.3 Å². The molecule has 0 bridgehead atoms. The van der Waals surface area contributed by atoms with Gasteiger partial charge in [-0.1, -0.05) is 18.2 Å². The van der Waals surface area contributed by atoms with Gasteiger partial charge in [-0.2, -0.15) is 0 Å². The predicted molar refractivity (Wildman–Crippen MR) is 116 cm³/mol. The molecule has 2 heterocycles. The van der Waals surface area contributed by atoms with Crippen LogP contribution in [0.4, 0.5) is 5.69 Å². The molecule has 156 valence electrons. The molecule has 0 aliphatic carbocycles. The molecule has 1 aromatic carbocycles. The largest absolute Gasteiger partial charge is 0.378 e. The molecule has 7 heteroatoms. The van der Waals surface area contributed by atoms with Crippen molar-refractivity contribution in [1.82, 2.24) is 10.2 Å². The van der Waals surface area contributed by atoms with E-state index in [-0.39, 0.29) is 17.9 Å². The Balaban J connectivity index is 1.69. The molecule has 2 atom stereocenters. The van der Waals surface area contributed by atoms with E-state index in [0.29, 0.717) is 18.0 Å². The lowest BCUT2D eigenvalue weighted by Crippen LogP contribution is -2.48. The molecule has 1 aromatic heterocycles. The maximum atomic E-state index is 13.2. The van der Waals surface area contributed by atoms with Crippen molar-refractivity contribution in [3.8, 4) is 0 Å². The summed E-state index contributed by atoms with van der Waals surface area (Å²) in [7, 11) is 4.00. The van der Waals surface area contributed by atoms with Crippen LogP contribution in [0.5, 0.6) is 0 Å². The van der Waals surface area contributed by atoms with Crippen LogP contribution >= 0.6 is 11.3 Å². The zero-order valence-electron chi connectivity index (χ0n) is 17.3. The van der Waals surface area contributed by atoms with E-state index in [0.717, 1.165) is 30.7 Å². The van der Waals surface area contributed by atoms with Crippen molar-refractivity contribution in [1.29, 1.82) is 0 Å². The third kappa shape index (κ3) is 5.81. The van der Waals surface area contributed by atoms with Crippen LogP contribution in [0.1, 0.15) is 35.0 Å². The minimum absolute atomic E-state index is 0.0557. The summed E-state index contributed by atoms with van der Waals surface area (Å²) in [6.45, 7) is 3.51. The summed E-state index contributed by atoms with van der Waals surface area (Å²) in [6.07, 6.45) is 2.04. The summed E-state index contributed by atoms with van der Waals surface area (Å²) in [4.78, 5) is 30.0. The molecule has 1 aliphatic heterocycles. The summed E-state index contributed by atoms with van der Waals surface area (Å²) < 4.78 is 5.76. The Morgan fingerprint density at radius 1 is 1.24 bits per heavy atom. The van der Waals surface area contributed by atoms with Crippen LogP contribution in [0.25, 0.3) is 0 Å². The predicted octanol–water partition coefficient (Wildman–Crippen LogP) is 3.14. The topological polar surface area (TPSA) is 61.9 Å². The summed E-state index contributed by atoms with van der Waals surface area (Å²) in [5.74, 6) is -0.310. The average Bonchev–Trinajstić information content (AvgIpc) is 3.41. The van der Waals surface area contributed by atoms with Crippen LogP contribution in [0.2, 0.25) is 0 Å². The van der Waals surface area contributed by atoms with Crippen LogP contribution in [0.15, 0.2) is 41.8 Å². The van der Waals surface area contributed by atoms with Gasteiger partial charge in [0.1, 0.15) is 6.04 Å². The normalized spacial score (nSPS) is 17.0. The van der Waals surface area contributed by atoms with Gasteiger partial charge < -0.3 is 19.9 Å². The zero-order chi connectivity index (χ0) is 20.8. The maximum Gasteiger partial charge on any atom is 0.261 e. The number of hydrogen-bond acceptors (Lipinski definition) is 5. The molecule has 1 aliphatic rings. The van der Waals surface area contributed by atoms with E-state index in [1.807, 2.05) is 54.7 Å². The van der Waals surface area contributed by atoms with Gasteiger partial charge in [0.05, 0.1) is 11.0 Å². The zero-order valence-corrected chi connectivity index (χ0v) is 18.1. The number of thiophene rings is 1. The number of amides is 2. The quantitative estimate of drug-likeness (QED) is 0.720. The molecule has 29 heavy (non-hydrogen) atoms. The van der Waals surface area contributed by atoms with Gasteiger partial charge in [-0.05, 0) is 48.9 Å². The number of benzene rings is 1. The maximum absolute atomic E-state index is 13.2. The number of rotatable bonds is 8. The Labute approximate surface area is 176 Å². The highest BCUT2D eigenvalue weighted by atomic mass is 32.1. The number of hydrogen-bond donors (Lipinski definition) is 1. The Hall–Kier alpha value is -2.38. The number of nitrogens with zero attached hydrogens (tertiary/aromatic N) is 2. The molecule has 1 saturated heterocycles. The van der Waals surface area contributed by atoms with Crippen LogP contribution in [-0.4, -0.2) is 56.1 Å². The van der Waals surface area contributed by atoms with Crippen molar-refractivity contribution in [2.24, 2.45) is 0 Å². The molecule has 3 rings (SSSR count). The number of nitrogens with one attached hydrogen (secondary N) is 1. The van der Waals surface area contributed by atoms with Crippen LogP contribution < -0.4 is 10.2 Å². The Morgan fingerprint density at radius 3 is 2.59 bits per heavy atom.